The molecule has 136 valence electrons. The number of halogens is 3. The normalized spacial score (nSPS) is 16.3. The van der Waals surface area contributed by atoms with Gasteiger partial charge in [0, 0.05) is 48.1 Å². The summed E-state index contributed by atoms with van der Waals surface area (Å²) < 4.78 is 30.8. The number of aromatic nitrogens is 1. The predicted molar refractivity (Wildman–Crippen MR) is 99.7 cm³/mol. The Morgan fingerprint density at radius 2 is 2.12 bits per heavy atom. The van der Waals surface area contributed by atoms with Gasteiger partial charge in [-0.15, -0.1) is 11.3 Å². The molecule has 8 heteroatoms. The Balaban J connectivity index is 1.66. The number of nitrogens with zero attached hydrogens (tertiary/aromatic N) is 3. The molecule has 0 bridgehead atoms. The second-order valence-electron chi connectivity index (χ2n) is 6.02. The van der Waals surface area contributed by atoms with Crippen LogP contribution in [0, 0.1) is 6.92 Å². The summed E-state index contributed by atoms with van der Waals surface area (Å²) in [6.45, 7) is 3.40. The summed E-state index contributed by atoms with van der Waals surface area (Å²) in [4.78, 5) is 9.14. The van der Waals surface area contributed by atoms with Gasteiger partial charge in [-0.05, 0) is 31.5 Å². The van der Waals surface area contributed by atoms with Crippen LogP contribution in [-0.2, 0) is 6.54 Å². The second-order valence-corrected chi connectivity index (χ2v) is 7.77. The van der Waals surface area contributed by atoms with Gasteiger partial charge in [-0.1, -0.05) is 15.9 Å². The first-order chi connectivity index (χ1) is 12.0. The van der Waals surface area contributed by atoms with E-state index in [0.717, 1.165) is 53.5 Å². The van der Waals surface area contributed by atoms with E-state index >= 15 is 0 Å². The summed E-state index contributed by atoms with van der Waals surface area (Å²) in [6, 6.07) is 5.16. The van der Waals surface area contributed by atoms with Gasteiger partial charge in [-0.2, -0.15) is 8.78 Å². The average molecular weight is 432 g/mol. The van der Waals surface area contributed by atoms with Crippen molar-refractivity contribution in [2.75, 3.05) is 31.1 Å². The van der Waals surface area contributed by atoms with E-state index in [9.17, 15) is 8.78 Å². The zero-order valence-electron chi connectivity index (χ0n) is 13.9. The minimum absolute atomic E-state index is 0.245. The van der Waals surface area contributed by atoms with Crippen LogP contribution in [0.5, 0.6) is 5.75 Å². The standard InChI is InChI=1S/C17H20BrF2N3OS/c1-12-11-25-17(21-12)23-6-2-5-22(7-8-23)10-13-9-14(18)3-4-15(13)24-16(19)20/h3-4,9,11,16H,2,5-8,10H2,1H3. The molecule has 0 aliphatic carbocycles. The van der Waals surface area contributed by atoms with E-state index in [0.29, 0.717) is 6.54 Å². The lowest BCUT2D eigenvalue weighted by Gasteiger charge is -2.22. The lowest BCUT2D eigenvalue weighted by Crippen LogP contribution is -2.30. The van der Waals surface area contributed by atoms with Crippen LogP contribution in [0.4, 0.5) is 13.9 Å². The van der Waals surface area contributed by atoms with Crippen molar-refractivity contribution in [3.63, 3.8) is 0 Å². The molecule has 0 atom stereocenters. The Labute approximate surface area is 158 Å². The van der Waals surface area contributed by atoms with Crippen molar-refractivity contribution in [3.8, 4) is 5.75 Å². The van der Waals surface area contributed by atoms with E-state index < -0.39 is 6.61 Å². The Hall–Kier alpha value is -1.25. The van der Waals surface area contributed by atoms with Gasteiger partial charge in [-0.3, -0.25) is 4.90 Å². The first-order valence-corrected chi connectivity index (χ1v) is 9.81. The van der Waals surface area contributed by atoms with Crippen molar-refractivity contribution < 1.29 is 13.5 Å². The fraction of sp³-hybridized carbons (Fsp3) is 0.471. The van der Waals surface area contributed by atoms with Crippen molar-refractivity contribution in [2.24, 2.45) is 0 Å². The van der Waals surface area contributed by atoms with Crippen molar-refractivity contribution >= 4 is 32.4 Å². The van der Waals surface area contributed by atoms with E-state index in [4.69, 9.17) is 0 Å². The van der Waals surface area contributed by atoms with Gasteiger partial charge < -0.3 is 9.64 Å². The van der Waals surface area contributed by atoms with Crippen LogP contribution in [0.15, 0.2) is 28.1 Å². The third kappa shape index (κ3) is 5.12. The predicted octanol–water partition coefficient (Wildman–Crippen LogP) is 4.53. The van der Waals surface area contributed by atoms with Crippen molar-refractivity contribution in [1.29, 1.82) is 0 Å². The zero-order valence-corrected chi connectivity index (χ0v) is 16.3. The summed E-state index contributed by atoms with van der Waals surface area (Å²) in [6.07, 6.45) is 1.01. The molecule has 2 aromatic rings. The molecule has 0 unspecified atom stereocenters. The van der Waals surface area contributed by atoms with Crippen LogP contribution in [0.3, 0.4) is 0 Å². The highest BCUT2D eigenvalue weighted by molar-refractivity contribution is 9.10. The highest BCUT2D eigenvalue weighted by atomic mass is 79.9. The van der Waals surface area contributed by atoms with E-state index in [-0.39, 0.29) is 5.75 Å². The Bertz CT molecular complexity index is 713. The second kappa shape index (κ2) is 8.42. The van der Waals surface area contributed by atoms with Crippen LogP contribution in [0.25, 0.3) is 0 Å². The SMILES string of the molecule is Cc1csc(N2CCCN(Cc3cc(Br)ccc3OC(F)F)CC2)n1. The number of thiazole rings is 1. The van der Waals surface area contributed by atoms with E-state index in [1.54, 1.807) is 23.5 Å². The Kier molecular flexibility index (Phi) is 6.24. The van der Waals surface area contributed by atoms with Gasteiger partial charge in [0.05, 0.1) is 5.69 Å². The van der Waals surface area contributed by atoms with Crippen LogP contribution < -0.4 is 9.64 Å². The summed E-state index contributed by atoms with van der Waals surface area (Å²) in [5.74, 6) is 0.245. The summed E-state index contributed by atoms with van der Waals surface area (Å²) in [7, 11) is 0. The highest BCUT2D eigenvalue weighted by Gasteiger charge is 2.19. The molecule has 1 saturated heterocycles. The largest absolute Gasteiger partial charge is 0.434 e. The minimum Gasteiger partial charge on any atom is -0.434 e. The molecule has 1 aliphatic heterocycles. The molecule has 1 aliphatic rings. The summed E-state index contributed by atoms with van der Waals surface area (Å²) >= 11 is 5.08. The lowest BCUT2D eigenvalue weighted by molar-refractivity contribution is -0.0507. The van der Waals surface area contributed by atoms with Gasteiger partial charge >= 0.3 is 6.61 Å². The minimum atomic E-state index is -2.81. The smallest absolute Gasteiger partial charge is 0.387 e. The molecule has 0 spiro atoms. The zero-order chi connectivity index (χ0) is 17.8. The van der Waals surface area contributed by atoms with Crippen LogP contribution in [0.1, 0.15) is 17.7 Å². The third-order valence-electron chi connectivity index (χ3n) is 4.10. The number of anilines is 1. The molecule has 0 saturated carbocycles. The van der Waals surface area contributed by atoms with E-state index in [1.165, 1.54) is 0 Å². The monoisotopic (exact) mass is 431 g/mol. The number of hydrogen-bond donors (Lipinski definition) is 0. The van der Waals surface area contributed by atoms with Gasteiger partial charge in [0.15, 0.2) is 5.13 Å². The maximum absolute atomic E-state index is 12.6. The molecule has 3 rings (SSSR count). The van der Waals surface area contributed by atoms with Gasteiger partial charge in [-0.25, -0.2) is 4.98 Å². The molecule has 4 nitrogen and oxygen atoms in total. The molecule has 0 radical (unpaired) electrons. The summed E-state index contributed by atoms with van der Waals surface area (Å²) in [5.41, 5.74) is 1.82. The number of hydrogen-bond acceptors (Lipinski definition) is 5. The number of alkyl halides is 2. The highest BCUT2D eigenvalue weighted by Crippen LogP contribution is 2.27. The molecule has 25 heavy (non-hydrogen) atoms. The molecule has 1 aromatic heterocycles. The fourth-order valence-electron chi connectivity index (χ4n) is 2.93. The molecular formula is C17H20BrF2N3OS. The van der Waals surface area contributed by atoms with Gasteiger partial charge in [0.25, 0.3) is 0 Å². The maximum Gasteiger partial charge on any atom is 0.387 e. The van der Waals surface area contributed by atoms with Crippen molar-refractivity contribution in [2.45, 2.75) is 26.5 Å². The molecule has 1 aromatic carbocycles. The number of ether oxygens (including phenoxy) is 1. The molecule has 0 amide bonds. The Morgan fingerprint density at radius 3 is 2.84 bits per heavy atom. The van der Waals surface area contributed by atoms with Crippen molar-refractivity contribution in [3.05, 3.63) is 39.3 Å². The topological polar surface area (TPSA) is 28.6 Å². The first-order valence-electron chi connectivity index (χ1n) is 8.14. The number of aryl methyl sites for hydroxylation is 1. The van der Waals surface area contributed by atoms with Crippen LogP contribution in [-0.4, -0.2) is 42.7 Å². The van der Waals surface area contributed by atoms with Crippen molar-refractivity contribution in [1.82, 2.24) is 9.88 Å². The molecule has 2 heterocycles. The quantitative estimate of drug-likeness (QED) is 0.695. The van der Waals surface area contributed by atoms with Crippen LogP contribution >= 0.6 is 27.3 Å². The average Bonchev–Trinajstić information content (AvgIpc) is 2.85. The third-order valence-corrected chi connectivity index (χ3v) is 5.61. The molecule has 0 N–H and O–H groups in total. The van der Waals surface area contributed by atoms with Gasteiger partial charge in [0.1, 0.15) is 5.75 Å². The fourth-order valence-corrected chi connectivity index (χ4v) is 4.20. The molecular weight excluding hydrogens is 412 g/mol. The van der Waals surface area contributed by atoms with E-state index in [2.05, 4.69) is 40.8 Å². The number of benzene rings is 1. The van der Waals surface area contributed by atoms with Gasteiger partial charge in [0.2, 0.25) is 0 Å². The lowest BCUT2D eigenvalue weighted by atomic mass is 10.2. The summed E-state index contributed by atoms with van der Waals surface area (Å²) in [5, 5.41) is 3.12. The maximum atomic E-state index is 12.6. The first kappa shape index (κ1) is 18.5. The van der Waals surface area contributed by atoms with E-state index in [1.807, 2.05) is 13.0 Å². The molecule has 1 fully saturated rings. The Morgan fingerprint density at radius 1 is 1.28 bits per heavy atom. The number of rotatable bonds is 5. The van der Waals surface area contributed by atoms with Crippen LogP contribution in [0.2, 0.25) is 0 Å².